The maximum Gasteiger partial charge on any atom is 0.344 e. The second kappa shape index (κ2) is 9.91. The number of carbonyl (C=O) groups excluding carboxylic acids is 2. The van der Waals surface area contributed by atoms with Crippen molar-refractivity contribution in [3.05, 3.63) is 42.5 Å². The number of nitrogens with one attached hydrogen (secondary N) is 1. The van der Waals surface area contributed by atoms with E-state index in [1.54, 1.807) is 49.6 Å². The molecular formula is C19H21NO7. The van der Waals surface area contributed by atoms with Crippen LogP contribution in [0.15, 0.2) is 42.5 Å². The predicted octanol–water partition coefficient (Wildman–Crippen LogP) is 2.27. The van der Waals surface area contributed by atoms with Gasteiger partial charge in [0.15, 0.2) is 13.2 Å². The van der Waals surface area contributed by atoms with Crippen LogP contribution in [0.4, 0.5) is 5.69 Å². The van der Waals surface area contributed by atoms with Crippen molar-refractivity contribution in [3.8, 4) is 23.0 Å². The van der Waals surface area contributed by atoms with Gasteiger partial charge in [0.05, 0.1) is 27.0 Å². The van der Waals surface area contributed by atoms with Crippen LogP contribution in [0.1, 0.15) is 0 Å². The molecule has 0 fully saturated rings. The highest BCUT2D eigenvalue weighted by Gasteiger charge is 2.12. The Hall–Kier alpha value is -3.42. The molecule has 0 saturated carbocycles. The summed E-state index contributed by atoms with van der Waals surface area (Å²) in [4.78, 5) is 23.7. The van der Waals surface area contributed by atoms with Gasteiger partial charge >= 0.3 is 5.97 Å². The molecule has 0 heterocycles. The van der Waals surface area contributed by atoms with E-state index in [1.807, 2.05) is 0 Å². The lowest BCUT2D eigenvalue weighted by Crippen LogP contribution is -2.23. The van der Waals surface area contributed by atoms with Gasteiger partial charge in [0, 0.05) is 6.07 Å². The highest BCUT2D eigenvalue weighted by atomic mass is 16.6. The molecule has 0 atom stereocenters. The Kier molecular flexibility index (Phi) is 7.30. The standard InChI is InChI=1S/C19H21NO7/c1-23-13-4-6-14(7-5-13)26-12-19(22)27-11-18(21)20-16-10-15(24-2)8-9-17(16)25-3/h4-10H,11-12H2,1-3H3,(H,20,21). The molecule has 0 unspecified atom stereocenters. The third-order valence-corrected chi connectivity index (χ3v) is 3.46. The van der Waals surface area contributed by atoms with Crippen molar-refractivity contribution in [3.63, 3.8) is 0 Å². The molecule has 1 N–H and O–H groups in total. The van der Waals surface area contributed by atoms with Crippen LogP contribution in [-0.4, -0.2) is 46.4 Å². The molecule has 0 bridgehead atoms. The highest BCUT2D eigenvalue weighted by Crippen LogP contribution is 2.28. The average Bonchev–Trinajstić information content (AvgIpc) is 2.71. The van der Waals surface area contributed by atoms with Gasteiger partial charge in [-0.25, -0.2) is 4.79 Å². The van der Waals surface area contributed by atoms with Crippen LogP contribution < -0.4 is 24.3 Å². The molecule has 0 spiro atoms. The summed E-state index contributed by atoms with van der Waals surface area (Å²) in [5, 5.41) is 2.60. The van der Waals surface area contributed by atoms with Crippen molar-refractivity contribution in [2.45, 2.75) is 0 Å². The number of amides is 1. The molecule has 0 saturated heterocycles. The van der Waals surface area contributed by atoms with Crippen LogP contribution >= 0.6 is 0 Å². The van der Waals surface area contributed by atoms with Gasteiger partial charge in [-0.2, -0.15) is 0 Å². The predicted molar refractivity (Wildman–Crippen MR) is 97.6 cm³/mol. The third kappa shape index (κ3) is 6.10. The lowest BCUT2D eigenvalue weighted by Gasteiger charge is -2.12. The Bertz CT molecular complexity index is 774. The van der Waals surface area contributed by atoms with Gasteiger partial charge in [-0.1, -0.05) is 0 Å². The lowest BCUT2D eigenvalue weighted by molar-refractivity contribution is -0.149. The van der Waals surface area contributed by atoms with Crippen molar-refractivity contribution in [1.29, 1.82) is 0 Å². The van der Waals surface area contributed by atoms with Crippen LogP contribution in [-0.2, 0) is 14.3 Å². The summed E-state index contributed by atoms with van der Waals surface area (Å²) in [5.74, 6) is 0.986. The van der Waals surface area contributed by atoms with Crippen molar-refractivity contribution in [2.75, 3.05) is 39.9 Å². The van der Waals surface area contributed by atoms with E-state index in [2.05, 4.69) is 5.32 Å². The fourth-order valence-corrected chi connectivity index (χ4v) is 2.10. The number of hydrogen-bond donors (Lipinski definition) is 1. The third-order valence-electron chi connectivity index (χ3n) is 3.46. The quantitative estimate of drug-likeness (QED) is 0.672. The van der Waals surface area contributed by atoms with Crippen molar-refractivity contribution in [1.82, 2.24) is 0 Å². The van der Waals surface area contributed by atoms with E-state index in [1.165, 1.54) is 14.2 Å². The second-order valence-electron chi connectivity index (χ2n) is 5.24. The summed E-state index contributed by atoms with van der Waals surface area (Å²) >= 11 is 0. The topological polar surface area (TPSA) is 92.3 Å². The zero-order valence-corrected chi connectivity index (χ0v) is 15.3. The summed E-state index contributed by atoms with van der Waals surface area (Å²) in [7, 11) is 4.55. The monoisotopic (exact) mass is 375 g/mol. The van der Waals surface area contributed by atoms with Crippen molar-refractivity contribution in [2.24, 2.45) is 0 Å². The zero-order chi connectivity index (χ0) is 19.6. The van der Waals surface area contributed by atoms with Crippen LogP contribution in [0.2, 0.25) is 0 Å². The van der Waals surface area contributed by atoms with Gasteiger partial charge < -0.3 is 29.0 Å². The van der Waals surface area contributed by atoms with E-state index in [9.17, 15) is 9.59 Å². The first-order valence-corrected chi connectivity index (χ1v) is 8.00. The average molecular weight is 375 g/mol. The number of esters is 1. The molecule has 1 amide bonds. The maximum absolute atomic E-state index is 12.0. The molecule has 0 aliphatic carbocycles. The Morgan fingerprint density at radius 2 is 1.44 bits per heavy atom. The number of benzene rings is 2. The number of hydrogen-bond acceptors (Lipinski definition) is 7. The number of methoxy groups -OCH3 is 3. The fourth-order valence-electron chi connectivity index (χ4n) is 2.10. The number of ether oxygens (including phenoxy) is 5. The largest absolute Gasteiger partial charge is 0.497 e. The molecule has 0 aliphatic rings. The molecular weight excluding hydrogens is 354 g/mol. The summed E-state index contributed by atoms with van der Waals surface area (Å²) in [6.45, 7) is -0.771. The molecule has 2 rings (SSSR count). The summed E-state index contributed by atoms with van der Waals surface area (Å²) in [6.07, 6.45) is 0. The van der Waals surface area contributed by atoms with E-state index in [-0.39, 0.29) is 6.61 Å². The molecule has 144 valence electrons. The summed E-state index contributed by atoms with van der Waals surface area (Å²) in [6, 6.07) is 11.7. The van der Waals surface area contributed by atoms with E-state index < -0.39 is 18.5 Å². The SMILES string of the molecule is COc1ccc(OCC(=O)OCC(=O)Nc2cc(OC)ccc2OC)cc1. The number of rotatable bonds is 9. The molecule has 8 heteroatoms. The molecule has 8 nitrogen and oxygen atoms in total. The molecule has 2 aromatic rings. The maximum atomic E-state index is 12.0. The minimum atomic E-state index is -0.668. The molecule has 27 heavy (non-hydrogen) atoms. The van der Waals surface area contributed by atoms with Crippen LogP contribution in [0.25, 0.3) is 0 Å². The van der Waals surface area contributed by atoms with Crippen LogP contribution in [0.5, 0.6) is 23.0 Å². The van der Waals surface area contributed by atoms with Crippen molar-refractivity contribution < 1.29 is 33.3 Å². The fraction of sp³-hybridized carbons (Fsp3) is 0.263. The summed E-state index contributed by atoms with van der Waals surface area (Å²) in [5.41, 5.74) is 0.410. The highest BCUT2D eigenvalue weighted by molar-refractivity contribution is 5.94. The minimum Gasteiger partial charge on any atom is -0.497 e. The van der Waals surface area contributed by atoms with Gasteiger partial charge in [-0.15, -0.1) is 0 Å². The first kappa shape index (κ1) is 19.9. The van der Waals surface area contributed by atoms with E-state index in [0.717, 1.165) is 0 Å². The van der Waals surface area contributed by atoms with E-state index in [4.69, 9.17) is 23.7 Å². The first-order valence-electron chi connectivity index (χ1n) is 8.00. The smallest absolute Gasteiger partial charge is 0.344 e. The van der Waals surface area contributed by atoms with Crippen molar-refractivity contribution >= 4 is 17.6 Å². The van der Waals surface area contributed by atoms with Gasteiger partial charge in [-0.05, 0) is 36.4 Å². The second-order valence-corrected chi connectivity index (χ2v) is 5.24. The van der Waals surface area contributed by atoms with E-state index >= 15 is 0 Å². The van der Waals surface area contributed by atoms with Crippen LogP contribution in [0.3, 0.4) is 0 Å². The summed E-state index contributed by atoms with van der Waals surface area (Å²) < 4.78 is 25.5. The lowest BCUT2D eigenvalue weighted by atomic mass is 10.2. The Balaban J connectivity index is 1.80. The minimum absolute atomic E-state index is 0.317. The Morgan fingerprint density at radius 3 is 2.07 bits per heavy atom. The van der Waals surface area contributed by atoms with E-state index in [0.29, 0.717) is 28.7 Å². The van der Waals surface area contributed by atoms with Crippen LogP contribution in [0, 0.1) is 0 Å². The first-order chi connectivity index (χ1) is 13.0. The normalized spacial score (nSPS) is 9.89. The number of carbonyl (C=O) groups is 2. The Labute approximate surface area is 156 Å². The molecule has 2 aromatic carbocycles. The molecule has 0 radical (unpaired) electrons. The molecule has 0 aromatic heterocycles. The van der Waals surface area contributed by atoms with Gasteiger partial charge in [0.25, 0.3) is 5.91 Å². The van der Waals surface area contributed by atoms with Gasteiger partial charge in [-0.3, -0.25) is 4.79 Å². The Morgan fingerprint density at radius 1 is 0.815 bits per heavy atom. The van der Waals surface area contributed by atoms with Gasteiger partial charge in [0.1, 0.15) is 23.0 Å². The molecule has 0 aliphatic heterocycles. The number of anilines is 1. The zero-order valence-electron chi connectivity index (χ0n) is 15.3. The van der Waals surface area contributed by atoms with Gasteiger partial charge in [0.2, 0.25) is 0 Å².